The first kappa shape index (κ1) is 23.9. The van der Waals surface area contributed by atoms with E-state index in [0.29, 0.717) is 28.7 Å². The molecule has 0 atom stereocenters. The number of nitrogens with zero attached hydrogens (tertiary/aromatic N) is 3. The van der Waals surface area contributed by atoms with Gasteiger partial charge in [0.25, 0.3) is 0 Å². The fourth-order valence-electron chi connectivity index (χ4n) is 3.96. The fourth-order valence-corrected chi connectivity index (χ4v) is 3.96. The number of fused-ring (bicyclic) bond motifs is 1. The summed E-state index contributed by atoms with van der Waals surface area (Å²) in [6.45, 7) is 4.12. The summed E-state index contributed by atoms with van der Waals surface area (Å²) in [6, 6.07) is 15.0. The number of aryl methyl sites for hydroxylation is 2. The number of rotatable bonds is 7. The summed E-state index contributed by atoms with van der Waals surface area (Å²) in [7, 11) is 3.11. The van der Waals surface area contributed by atoms with Crippen LogP contribution in [-0.4, -0.2) is 43.3 Å². The van der Waals surface area contributed by atoms with Crippen molar-refractivity contribution >= 4 is 29.0 Å². The first-order chi connectivity index (χ1) is 16.9. The third-order valence-corrected chi connectivity index (χ3v) is 6.00. The number of carbonyl (C=O) groups is 2. The average Bonchev–Trinajstić information content (AvgIpc) is 3.00. The average molecular weight is 473 g/mol. The number of carbonyl (C=O) groups excluding carboxylic acids is 2. The van der Waals surface area contributed by atoms with Crippen molar-refractivity contribution in [2.24, 2.45) is 4.99 Å². The van der Waals surface area contributed by atoms with E-state index in [4.69, 9.17) is 14.5 Å². The normalized spacial score (nSPS) is 13.0. The van der Waals surface area contributed by atoms with Crippen LogP contribution in [0.1, 0.15) is 28.7 Å². The second-order valence-corrected chi connectivity index (χ2v) is 8.29. The molecule has 4 rings (SSSR count). The highest BCUT2D eigenvalue weighted by Gasteiger charge is 2.28. The Hall–Kier alpha value is -4.20. The number of ether oxygens (including phenoxy) is 2. The van der Waals surface area contributed by atoms with Crippen molar-refractivity contribution in [2.45, 2.75) is 26.8 Å². The van der Waals surface area contributed by atoms with Gasteiger partial charge in [-0.2, -0.15) is 0 Å². The molecule has 0 fully saturated rings. The second-order valence-electron chi connectivity index (χ2n) is 8.29. The summed E-state index contributed by atoms with van der Waals surface area (Å²) in [5.74, 6) is 0.934. The molecule has 180 valence electrons. The fraction of sp³-hybridized carbons (Fsp3) is 0.259. The maximum absolute atomic E-state index is 13.3. The predicted molar refractivity (Wildman–Crippen MR) is 135 cm³/mol. The van der Waals surface area contributed by atoms with Crippen LogP contribution < -0.4 is 19.7 Å². The van der Waals surface area contributed by atoms with Crippen LogP contribution in [0, 0.1) is 13.8 Å². The highest BCUT2D eigenvalue weighted by atomic mass is 16.5. The smallest absolute Gasteiger partial charge is 0.240 e. The maximum Gasteiger partial charge on any atom is 0.240 e. The van der Waals surface area contributed by atoms with Crippen molar-refractivity contribution in [3.8, 4) is 11.5 Å². The lowest BCUT2D eigenvalue weighted by Crippen LogP contribution is -2.41. The summed E-state index contributed by atoms with van der Waals surface area (Å²) in [6.07, 6.45) is 1.66. The van der Waals surface area contributed by atoms with Crippen LogP contribution in [-0.2, 0) is 16.1 Å². The van der Waals surface area contributed by atoms with Crippen LogP contribution >= 0.6 is 0 Å². The largest absolute Gasteiger partial charge is 0.493 e. The van der Waals surface area contributed by atoms with Gasteiger partial charge in [0.2, 0.25) is 11.8 Å². The highest BCUT2D eigenvalue weighted by molar-refractivity contribution is 6.18. The monoisotopic (exact) mass is 472 g/mol. The van der Waals surface area contributed by atoms with Gasteiger partial charge in [0.1, 0.15) is 12.2 Å². The molecule has 8 nitrogen and oxygen atoms in total. The van der Waals surface area contributed by atoms with E-state index in [1.807, 2.05) is 44.2 Å². The van der Waals surface area contributed by atoms with Crippen LogP contribution in [0.15, 0.2) is 59.7 Å². The van der Waals surface area contributed by atoms with Crippen molar-refractivity contribution in [1.82, 2.24) is 10.3 Å². The number of nitrogens with one attached hydrogen (secondary N) is 1. The number of hydrogen-bond acceptors (Lipinski definition) is 6. The van der Waals surface area contributed by atoms with Gasteiger partial charge in [0.05, 0.1) is 26.4 Å². The number of pyridine rings is 1. The van der Waals surface area contributed by atoms with E-state index in [1.165, 1.54) is 10.5 Å². The molecule has 0 spiro atoms. The van der Waals surface area contributed by atoms with Crippen molar-refractivity contribution in [2.75, 3.05) is 25.7 Å². The van der Waals surface area contributed by atoms with Gasteiger partial charge in [-0.3, -0.25) is 14.5 Å². The summed E-state index contributed by atoms with van der Waals surface area (Å²) in [5.41, 5.74) is 5.14. The topological polar surface area (TPSA) is 93.1 Å². The summed E-state index contributed by atoms with van der Waals surface area (Å²) in [5, 5.41) is 2.87. The Kier molecular flexibility index (Phi) is 7.10. The Balaban J connectivity index is 1.54. The number of anilines is 1. The van der Waals surface area contributed by atoms with Crippen molar-refractivity contribution in [3.05, 3.63) is 77.0 Å². The quantitative estimate of drug-likeness (QED) is 0.563. The van der Waals surface area contributed by atoms with Gasteiger partial charge in [0, 0.05) is 18.3 Å². The molecule has 2 aromatic carbocycles. The number of aliphatic imine (C=N–C) groups is 1. The Labute approximate surface area is 204 Å². The van der Waals surface area contributed by atoms with E-state index in [2.05, 4.69) is 10.3 Å². The molecule has 1 N–H and O–H groups in total. The second kappa shape index (κ2) is 10.4. The molecule has 35 heavy (non-hydrogen) atoms. The van der Waals surface area contributed by atoms with Gasteiger partial charge < -0.3 is 14.8 Å². The minimum Gasteiger partial charge on any atom is -0.493 e. The Morgan fingerprint density at radius 3 is 2.63 bits per heavy atom. The Morgan fingerprint density at radius 2 is 1.89 bits per heavy atom. The lowest BCUT2D eigenvalue weighted by Gasteiger charge is -2.21. The molecule has 2 heterocycles. The molecule has 1 aliphatic rings. The zero-order valence-electron chi connectivity index (χ0n) is 20.3. The molecule has 8 heteroatoms. The predicted octanol–water partition coefficient (Wildman–Crippen LogP) is 3.89. The molecule has 0 bridgehead atoms. The summed E-state index contributed by atoms with van der Waals surface area (Å²) < 4.78 is 10.8. The Morgan fingerprint density at radius 1 is 1.06 bits per heavy atom. The van der Waals surface area contributed by atoms with E-state index in [0.717, 1.165) is 16.7 Å². The number of amides is 2. The van der Waals surface area contributed by atoms with Gasteiger partial charge in [-0.15, -0.1) is 0 Å². The molecule has 0 aliphatic carbocycles. The molecule has 0 radical (unpaired) electrons. The third kappa shape index (κ3) is 5.16. The maximum atomic E-state index is 13.3. The van der Waals surface area contributed by atoms with Gasteiger partial charge >= 0.3 is 0 Å². The molecule has 0 unspecified atom stereocenters. The summed E-state index contributed by atoms with van der Waals surface area (Å²) in [4.78, 5) is 36.7. The zero-order chi connectivity index (χ0) is 24.9. The van der Waals surface area contributed by atoms with E-state index in [-0.39, 0.29) is 31.3 Å². The molecule has 2 amide bonds. The van der Waals surface area contributed by atoms with Gasteiger partial charge in [0.15, 0.2) is 17.3 Å². The zero-order valence-corrected chi connectivity index (χ0v) is 20.3. The minimum atomic E-state index is -0.325. The molecule has 3 aromatic rings. The molecule has 0 saturated heterocycles. The molecular weight excluding hydrogens is 444 g/mol. The first-order valence-corrected chi connectivity index (χ1v) is 11.3. The van der Waals surface area contributed by atoms with Gasteiger partial charge in [-0.1, -0.05) is 24.3 Å². The van der Waals surface area contributed by atoms with Crippen molar-refractivity contribution in [3.63, 3.8) is 0 Å². The van der Waals surface area contributed by atoms with Gasteiger partial charge in [-0.05, 0) is 54.8 Å². The van der Waals surface area contributed by atoms with E-state index >= 15 is 0 Å². The molecular formula is C27H28N4O4. The van der Waals surface area contributed by atoms with Crippen LogP contribution in [0.25, 0.3) is 0 Å². The van der Waals surface area contributed by atoms with Crippen LogP contribution in [0.3, 0.4) is 0 Å². The van der Waals surface area contributed by atoms with Crippen molar-refractivity contribution in [1.29, 1.82) is 0 Å². The standard InChI is InChI=1S/C27H28N4O4/c1-17-10-11-19(13-18(17)2)22-14-25(33)31(27-21(30-22)8-6-12-28-27)16-24(32)29-15-20-7-5-9-23(34-3)26(20)35-4/h5-13H,14-16H2,1-4H3,(H,29,32). The van der Waals surface area contributed by atoms with Crippen LogP contribution in [0.4, 0.5) is 11.5 Å². The number of hydrogen-bond donors (Lipinski definition) is 1. The van der Waals surface area contributed by atoms with E-state index in [9.17, 15) is 9.59 Å². The van der Waals surface area contributed by atoms with Crippen molar-refractivity contribution < 1.29 is 19.1 Å². The minimum absolute atomic E-state index is 0.0653. The van der Waals surface area contributed by atoms with Crippen LogP contribution in [0.5, 0.6) is 11.5 Å². The first-order valence-electron chi connectivity index (χ1n) is 11.3. The highest BCUT2D eigenvalue weighted by Crippen LogP contribution is 2.32. The van der Waals surface area contributed by atoms with E-state index in [1.54, 1.807) is 38.6 Å². The lowest BCUT2D eigenvalue weighted by molar-refractivity contribution is -0.123. The molecule has 1 aromatic heterocycles. The van der Waals surface area contributed by atoms with Crippen LogP contribution in [0.2, 0.25) is 0 Å². The van der Waals surface area contributed by atoms with E-state index < -0.39 is 0 Å². The molecule has 0 saturated carbocycles. The third-order valence-electron chi connectivity index (χ3n) is 6.00. The SMILES string of the molecule is COc1cccc(CNC(=O)CN2C(=O)CC(c3ccc(C)c(C)c3)=Nc3cccnc32)c1OC. The summed E-state index contributed by atoms with van der Waals surface area (Å²) >= 11 is 0. The molecule has 1 aliphatic heterocycles. The van der Waals surface area contributed by atoms with Gasteiger partial charge in [-0.25, -0.2) is 9.98 Å². The number of para-hydroxylation sites is 1. The number of aromatic nitrogens is 1. The number of benzene rings is 2. The lowest BCUT2D eigenvalue weighted by atomic mass is 10.0. The Bertz CT molecular complexity index is 1300. The number of methoxy groups -OCH3 is 2.